The highest BCUT2D eigenvalue weighted by atomic mass is 79.9. The van der Waals surface area contributed by atoms with Crippen LogP contribution in [0.1, 0.15) is 6.92 Å². The Hall–Kier alpha value is -0.810. The van der Waals surface area contributed by atoms with Crippen molar-refractivity contribution in [2.45, 2.75) is 13.0 Å². The molecule has 0 saturated carbocycles. The van der Waals surface area contributed by atoms with Crippen molar-refractivity contribution < 1.29 is 9.47 Å². The van der Waals surface area contributed by atoms with Gasteiger partial charge in [0.2, 0.25) is 5.88 Å². The van der Waals surface area contributed by atoms with Crippen LogP contribution in [0.15, 0.2) is 16.7 Å². The highest BCUT2D eigenvalue weighted by Crippen LogP contribution is 2.22. The van der Waals surface area contributed by atoms with Gasteiger partial charge in [-0.15, -0.1) is 0 Å². The first-order valence-corrected chi connectivity index (χ1v) is 4.99. The first-order chi connectivity index (χ1) is 6.63. The second-order valence-electron chi connectivity index (χ2n) is 2.93. The first-order valence-electron chi connectivity index (χ1n) is 4.20. The van der Waals surface area contributed by atoms with E-state index in [2.05, 4.69) is 20.9 Å². The standard InChI is InChI=1S/C9H13BrN2O2/c1-6(5-13-2)14-9-8(11)3-7(10)4-12-9/h3-4,6H,5,11H2,1-2H3. The molecule has 1 atom stereocenters. The van der Waals surface area contributed by atoms with E-state index >= 15 is 0 Å². The zero-order valence-electron chi connectivity index (χ0n) is 8.16. The molecule has 14 heavy (non-hydrogen) atoms. The van der Waals surface area contributed by atoms with Crippen molar-refractivity contribution >= 4 is 21.6 Å². The molecule has 1 aromatic rings. The van der Waals surface area contributed by atoms with Crippen LogP contribution in [0.3, 0.4) is 0 Å². The molecule has 2 N–H and O–H groups in total. The molecular formula is C9H13BrN2O2. The molecule has 0 bridgehead atoms. The molecule has 1 unspecified atom stereocenters. The molecule has 0 aromatic carbocycles. The molecular weight excluding hydrogens is 248 g/mol. The van der Waals surface area contributed by atoms with Crippen LogP contribution in [-0.4, -0.2) is 24.8 Å². The molecule has 1 rings (SSSR count). The van der Waals surface area contributed by atoms with Crippen LogP contribution in [0.25, 0.3) is 0 Å². The van der Waals surface area contributed by atoms with E-state index in [1.54, 1.807) is 19.4 Å². The number of nitrogens with zero attached hydrogens (tertiary/aromatic N) is 1. The molecule has 1 heterocycles. The Morgan fingerprint density at radius 3 is 2.93 bits per heavy atom. The van der Waals surface area contributed by atoms with E-state index in [-0.39, 0.29) is 6.10 Å². The van der Waals surface area contributed by atoms with E-state index < -0.39 is 0 Å². The van der Waals surface area contributed by atoms with Crippen molar-refractivity contribution in [2.24, 2.45) is 0 Å². The van der Waals surface area contributed by atoms with Gasteiger partial charge in [-0.1, -0.05) is 0 Å². The van der Waals surface area contributed by atoms with Crippen LogP contribution < -0.4 is 10.5 Å². The summed E-state index contributed by atoms with van der Waals surface area (Å²) in [6.07, 6.45) is 1.58. The molecule has 0 aliphatic heterocycles. The number of anilines is 1. The third-order valence-electron chi connectivity index (χ3n) is 1.56. The SMILES string of the molecule is COCC(C)Oc1ncc(Br)cc1N. The van der Waals surface area contributed by atoms with Gasteiger partial charge in [0.05, 0.1) is 12.3 Å². The number of nitrogen functional groups attached to an aromatic ring is 1. The summed E-state index contributed by atoms with van der Waals surface area (Å²) in [6, 6.07) is 1.75. The average Bonchev–Trinajstić information content (AvgIpc) is 2.10. The Kier molecular flexibility index (Phi) is 4.16. The maximum Gasteiger partial charge on any atom is 0.237 e. The number of methoxy groups -OCH3 is 1. The third-order valence-corrected chi connectivity index (χ3v) is 1.99. The van der Waals surface area contributed by atoms with Gasteiger partial charge in [0.15, 0.2) is 0 Å². The maximum absolute atomic E-state index is 5.71. The molecule has 0 amide bonds. The van der Waals surface area contributed by atoms with E-state index in [9.17, 15) is 0 Å². The fourth-order valence-corrected chi connectivity index (χ4v) is 1.35. The van der Waals surface area contributed by atoms with Gasteiger partial charge in [0.1, 0.15) is 6.10 Å². The summed E-state index contributed by atoms with van der Waals surface area (Å²) >= 11 is 3.27. The van der Waals surface area contributed by atoms with Crippen molar-refractivity contribution in [1.82, 2.24) is 4.98 Å². The fraction of sp³-hybridized carbons (Fsp3) is 0.444. The van der Waals surface area contributed by atoms with Crippen molar-refractivity contribution in [1.29, 1.82) is 0 Å². The lowest BCUT2D eigenvalue weighted by Crippen LogP contribution is -2.19. The minimum atomic E-state index is -0.0593. The van der Waals surface area contributed by atoms with Crippen LogP contribution in [0.2, 0.25) is 0 Å². The number of ether oxygens (including phenoxy) is 2. The maximum atomic E-state index is 5.71. The summed E-state index contributed by atoms with van der Waals surface area (Å²) in [7, 11) is 1.62. The molecule has 0 radical (unpaired) electrons. The number of nitrogens with two attached hydrogens (primary N) is 1. The first kappa shape index (κ1) is 11.3. The normalized spacial score (nSPS) is 12.5. The Balaban J connectivity index is 2.67. The number of hydrogen-bond acceptors (Lipinski definition) is 4. The van der Waals surface area contributed by atoms with Crippen LogP contribution in [0.5, 0.6) is 5.88 Å². The molecule has 1 aromatic heterocycles. The predicted octanol–water partition coefficient (Wildman–Crippen LogP) is 1.84. The van der Waals surface area contributed by atoms with Gasteiger partial charge < -0.3 is 15.2 Å². The lowest BCUT2D eigenvalue weighted by molar-refractivity contribution is 0.0895. The summed E-state index contributed by atoms with van der Waals surface area (Å²) in [5, 5.41) is 0. The smallest absolute Gasteiger partial charge is 0.237 e. The average molecular weight is 261 g/mol. The van der Waals surface area contributed by atoms with E-state index in [0.29, 0.717) is 18.2 Å². The van der Waals surface area contributed by atoms with E-state index in [1.807, 2.05) is 6.92 Å². The van der Waals surface area contributed by atoms with Gasteiger partial charge in [0.25, 0.3) is 0 Å². The second-order valence-corrected chi connectivity index (χ2v) is 3.85. The zero-order chi connectivity index (χ0) is 10.6. The number of halogens is 1. The van der Waals surface area contributed by atoms with Gasteiger partial charge >= 0.3 is 0 Å². The molecule has 78 valence electrons. The zero-order valence-corrected chi connectivity index (χ0v) is 9.74. The second kappa shape index (κ2) is 5.17. The Morgan fingerprint density at radius 2 is 2.36 bits per heavy atom. The van der Waals surface area contributed by atoms with Crippen molar-refractivity contribution in [3.05, 3.63) is 16.7 Å². The highest BCUT2D eigenvalue weighted by molar-refractivity contribution is 9.10. The number of rotatable bonds is 4. The summed E-state index contributed by atoms with van der Waals surface area (Å²) in [4.78, 5) is 4.05. The van der Waals surface area contributed by atoms with Crippen LogP contribution in [0.4, 0.5) is 5.69 Å². The van der Waals surface area contributed by atoms with Gasteiger partial charge in [0, 0.05) is 17.8 Å². The molecule has 4 nitrogen and oxygen atoms in total. The minimum Gasteiger partial charge on any atom is -0.471 e. The fourth-order valence-electron chi connectivity index (χ4n) is 1.00. The van der Waals surface area contributed by atoms with E-state index in [1.165, 1.54) is 0 Å². The largest absolute Gasteiger partial charge is 0.471 e. The van der Waals surface area contributed by atoms with Crippen LogP contribution in [-0.2, 0) is 4.74 Å². The molecule has 5 heteroatoms. The summed E-state index contributed by atoms with van der Waals surface area (Å²) in [6.45, 7) is 2.41. The van der Waals surface area contributed by atoms with E-state index in [4.69, 9.17) is 15.2 Å². The lowest BCUT2D eigenvalue weighted by atomic mass is 10.4. The van der Waals surface area contributed by atoms with Crippen LogP contribution >= 0.6 is 15.9 Å². The number of aromatic nitrogens is 1. The number of hydrogen-bond donors (Lipinski definition) is 1. The quantitative estimate of drug-likeness (QED) is 0.898. The van der Waals surface area contributed by atoms with E-state index in [0.717, 1.165) is 4.47 Å². The molecule has 0 aliphatic rings. The Morgan fingerprint density at radius 1 is 1.64 bits per heavy atom. The molecule has 0 aliphatic carbocycles. The topological polar surface area (TPSA) is 57.4 Å². The highest BCUT2D eigenvalue weighted by Gasteiger charge is 2.07. The Bertz CT molecular complexity index is 307. The lowest BCUT2D eigenvalue weighted by Gasteiger charge is -2.13. The molecule has 0 saturated heterocycles. The van der Waals surface area contributed by atoms with Crippen molar-refractivity contribution in [3.8, 4) is 5.88 Å². The summed E-state index contributed by atoms with van der Waals surface area (Å²) in [5.41, 5.74) is 6.22. The molecule has 0 spiro atoms. The monoisotopic (exact) mass is 260 g/mol. The number of pyridine rings is 1. The van der Waals surface area contributed by atoms with Gasteiger partial charge in [-0.25, -0.2) is 4.98 Å². The summed E-state index contributed by atoms with van der Waals surface area (Å²) < 4.78 is 11.2. The van der Waals surface area contributed by atoms with Crippen LogP contribution in [0, 0.1) is 0 Å². The summed E-state index contributed by atoms with van der Waals surface area (Å²) in [5.74, 6) is 0.442. The van der Waals surface area contributed by atoms with Gasteiger partial charge in [-0.05, 0) is 28.9 Å². The predicted molar refractivity (Wildman–Crippen MR) is 58.3 cm³/mol. The molecule has 0 fully saturated rings. The van der Waals surface area contributed by atoms with Crippen molar-refractivity contribution in [2.75, 3.05) is 19.5 Å². The third kappa shape index (κ3) is 3.16. The van der Waals surface area contributed by atoms with Crippen molar-refractivity contribution in [3.63, 3.8) is 0 Å². The Labute approximate surface area is 91.5 Å². The van der Waals surface area contributed by atoms with Gasteiger partial charge in [-0.3, -0.25) is 0 Å². The van der Waals surface area contributed by atoms with Gasteiger partial charge in [-0.2, -0.15) is 0 Å². The minimum absolute atomic E-state index is 0.0593.